The number of sulfone groups is 1. The maximum absolute atomic E-state index is 14.0. The van der Waals surface area contributed by atoms with Gasteiger partial charge in [-0.25, -0.2) is 13.4 Å². The third kappa shape index (κ3) is 9.08. The molecule has 12 heteroatoms. The number of nitriles is 1. The van der Waals surface area contributed by atoms with Crippen LogP contribution in [-0.2, 0) is 28.9 Å². The molecule has 1 aromatic rings. The molecule has 0 saturated heterocycles. The number of esters is 2. The van der Waals surface area contributed by atoms with Crippen LogP contribution in [0.3, 0.4) is 0 Å². The highest BCUT2D eigenvalue weighted by atomic mass is 32.2. The number of carbonyl (C=O) groups is 2. The van der Waals surface area contributed by atoms with Crippen molar-refractivity contribution in [1.29, 1.82) is 5.26 Å². The Labute approximate surface area is 414 Å². The Balaban J connectivity index is 1.00. The van der Waals surface area contributed by atoms with E-state index >= 15 is 0 Å². The van der Waals surface area contributed by atoms with E-state index in [0.717, 1.165) is 32.2 Å². The lowest BCUT2D eigenvalue weighted by Crippen LogP contribution is -2.68. The van der Waals surface area contributed by atoms with Crippen LogP contribution >= 0.6 is 0 Å². The molecule has 0 radical (unpaired) electrons. The van der Waals surface area contributed by atoms with Crippen molar-refractivity contribution in [2.24, 2.45) is 62.6 Å². The molecule has 69 heavy (non-hydrogen) atoms. The van der Waals surface area contributed by atoms with Gasteiger partial charge in [-0.3, -0.25) is 9.59 Å². The molecule has 0 aliphatic heterocycles. The molecule has 5 fully saturated rings. The molecule has 1 aromatic heterocycles. The van der Waals surface area contributed by atoms with Gasteiger partial charge in [0.1, 0.15) is 33.5 Å². The van der Waals surface area contributed by atoms with E-state index in [9.17, 15) is 28.4 Å². The van der Waals surface area contributed by atoms with Gasteiger partial charge in [0, 0.05) is 18.0 Å². The standard InChI is InChI=1S/C57H83N3O8S/c1-37(2)42-19-28-57(60-33-31-56(63)26-17-41(18-27-56)69(10,64)65)30-29-53(8)44(47(42)57)13-14-46-52(7)22-20-43(51(5,6)45(52)21-23-54(46,53)9)39-15-24-55(25-16-39,50(62)68-36-67-49(61)38(3)4)35-66-48-40(34-58)12-11-32-59-48/h11-12,15,20,32,38,41-42,44-47,60,63H,1,13-14,16-19,21-31,33,35-36H2,2-10H3/t41-,42-,44+,45-,46+,47+,52-,53+,54+,55+,56+,57-/m0/s1. The van der Waals surface area contributed by atoms with Crippen molar-refractivity contribution in [1.82, 2.24) is 10.3 Å². The number of hydrogen-bond acceptors (Lipinski definition) is 11. The number of aromatic nitrogens is 1. The maximum Gasteiger partial charge on any atom is 0.318 e. The van der Waals surface area contributed by atoms with Crippen LogP contribution in [0.4, 0.5) is 0 Å². The van der Waals surface area contributed by atoms with Crippen molar-refractivity contribution < 1.29 is 37.3 Å². The van der Waals surface area contributed by atoms with Crippen molar-refractivity contribution >= 4 is 21.8 Å². The quantitative estimate of drug-likeness (QED) is 0.104. The summed E-state index contributed by atoms with van der Waals surface area (Å²) in [6.07, 6.45) is 22.6. The van der Waals surface area contributed by atoms with E-state index in [-0.39, 0.29) is 50.9 Å². The normalized spacial score (nSPS) is 39.3. The number of nitrogens with one attached hydrogen (secondary N) is 1. The molecule has 2 N–H and O–H groups in total. The predicted octanol–water partition coefficient (Wildman–Crippen LogP) is 10.8. The lowest BCUT2D eigenvalue weighted by molar-refractivity contribution is -0.221. The zero-order valence-corrected chi connectivity index (χ0v) is 44.2. The number of ether oxygens (including phenoxy) is 3. The molecule has 0 unspecified atom stereocenters. The number of fused-ring (bicyclic) bond motifs is 7. The number of nitrogens with zero attached hydrogens (tertiary/aromatic N) is 2. The Hall–Kier alpha value is -3.53. The summed E-state index contributed by atoms with van der Waals surface area (Å²) in [7, 11) is -3.09. The molecular formula is C57H83N3O8S. The first-order valence-electron chi connectivity index (χ1n) is 26.4. The second-order valence-corrected chi connectivity index (χ2v) is 27.3. The molecule has 0 spiro atoms. The topological polar surface area (TPSA) is 165 Å². The number of pyridine rings is 1. The maximum atomic E-state index is 14.0. The van der Waals surface area contributed by atoms with Crippen LogP contribution < -0.4 is 10.1 Å². The minimum absolute atomic E-state index is 0.0214. The molecule has 11 nitrogen and oxygen atoms in total. The first-order chi connectivity index (χ1) is 32.4. The summed E-state index contributed by atoms with van der Waals surface area (Å²) in [5, 5.41) is 25.2. The first kappa shape index (κ1) is 51.8. The van der Waals surface area contributed by atoms with Crippen molar-refractivity contribution in [3.63, 3.8) is 0 Å². The highest BCUT2D eigenvalue weighted by molar-refractivity contribution is 7.91. The van der Waals surface area contributed by atoms with Gasteiger partial charge in [0.2, 0.25) is 12.7 Å². The monoisotopic (exact) mass is 970 g/mol. The van der Waals surface area contributed by atoms with Gasteiger partial charge in [-0.05, 0) is 197 Å². The molecule has 8 rings (SSSR count). The largest absolute Gasteiger partial charge is 0.475 e. The minimum Gasteiger partial charge on any atom is -0.475 e. The van der Waals surface area contributed by atoms with Crippen LogP contribution in [0.5, 0.6) is 5.88 Å². The van der Waals surface area contributed by atoms with Crippen molar-refractivity contribution in [2.45, 2.75) is 181 Å². The van der Waals surface area contributed by atoms with Crippen LogP contribution in [0, 0.1) is 73.9 Å². The van der Waals surface area contributed by atoms with Gasteiger partial charge in [-0.1, -0.05) is 72.8 Å². The van der Waals surface area contributed by atoms with E-state index in [4.69, 9.17) is 14.2 Å². The van der Waals surface area contributed by atoms with Crippen molar-refractivity contribution in [3.05, 3.63) is 59.3 Å². The molecule has 5 saturated carbocycles. The molecule has 7 aliphatic rings. The summed E-state index contributed by atoms with van der Waals surface area (Å²) in [5.74, 6) is 1.53. The van der Waals surface area contributed by atoms with E-state index in [0.29, 0.717) is 86.5 Å². The molecule has 380 valence electrons. The van der Waals surface area contributed by atoms with Crippen LogP contribution in [0.2, 0.25) is 0 Å². The third-order valence-electron chi connectivity index (χ3n) is 20.8. The fourth-order valence-corrected chi connectivity index (χ4v) is 17.8. The van der Waals surface area contributed by atoms with Crippen LogP contribution in [0.15, 0.2) is 53.8 Å². The van der Waals surface area contributed by atoms with Gasteiger partial charge in [0.25, 0.3) is 0 Å². The molecular weight excluding hydrogens is 887 g/mol. The lowest BCUT2D eigenvalue weighted by Gasteiger charge is -2.72. The molecule has 0 bridgehead atoms. The Morgan fingerprint density at radius 1 is 0.928 bits per heavy atom. The zero-order valence-electron chi connectivity index (χ0n) is 43.4. The molecule has 10 atom stereocenters. The SMILES string of the molecule is C=C(C)[C@@H]1CC[C@]2(NCC[C@]3(O)CC[C@@H](S(C)(=O)=O)CC3)CC[C@]3(C)[C@H](CC[C@@H]4[C@@]5(C)CC=C(C6=CC[C@@](COc7ncccc7C#N)(C(=O)OCOC(=O)C(C)C)CC6)C(C)(C)[C@@H]5CC[C@]43C)[C@@H]12. The van der Waals surface area contributed by atoms with Crippen LogP contribution in [0.25, 0.3) is 0 Å². The number of carbonyl (C=O) groups excluding carboxylic acids is 2. The minimum atomic E-state index is -3.09. The number of aliphatic hydroxyl groups is 1. The van der Waals surface area contributed by atoms with E-state index in [1.54, 1.807) is 32.2 Å². The molecule has 0 amide bonds. The highest BCUT2D eigenvalue weighted by Gasteiger charge is 2.70. The summed E-state index contributed by atoms with van der Waals surface area (Å²) in [4.78, 5) is 30.5. The summed E-state index contributed by atoms with van der Waals surface area (Å²) < 4.78 is 41.6. The van der Waals surface area contributed by atoms with Gasteiger partial charge in [0.05, 0.1) is 16.8 Å². The van der Waals surface area contributed by atoms with Gasteiger partial charge >= 0.3 is 11.9 Å². The van der Waals surface area contributed by atoms with Gasteiger partial charge < -0.3 is 24.6 Å². The third-order valence-corrected chi connectivity index (χ3v) is 22.5. The average Bonchev–Trinajstić information content (AvgIpc) is 3.68. The summed E-state index contributed by atoms with van der Waals surface area (Å²) in [6.45, 7) is 23.5. The van der Waals surface area contributed by atoms with E-state index < -0.39 is 39.6 Å². The number of allylic oxidation sites excluding steroid dienone is 5. The Bertz CT molecular complexity index is 2380. The summed E-state index contributed by atoms with van der Waals surface area (Å²) in [6, 6.07) is 5.46. The fourth-order valence-electron chi connectivity index (χ4n) is 16.7. The van der Waals surface area contributed by atoms with Gasteiger partial charge in [-0.2, -0.15) is 5.26 Å². The fraction of sp³-hybridized carbons (Fsp3) is 0.754. The smallest absolute Gasteiger partial charge is 0.318 e. The highest BCUT2D eigenvalue weighted by Crippen LogP contribution is 2.76. The summed E-state index contributed by atoms with van der Waals surface area (Å²) >= 11 is 0. The first-order valence-corrected chi connectivity index (χ1v) is 28.4. The second kappa shape index (κ2) is 18.8. The zero-order chi connectivity index (χ0) is 50.0. The number of hydrogen-bond donors (Lipinski definition) is 2. The Kier molecular flexibility index (Phi) is 14.1. The average molecular weight is 970 g/mol. The number of rotatable bonds is 14. The van der Waals surface area contributed by atoms with Crippen LogP contribution in [-0.4, -0.2) is 73.0 Å². The van der Waals surface area contributed by atoms with Crippen molar-refractivity contribution in [3.8, 4) is 11.9 Å². The lowest BCUT2D eigenvalue weighted by atomic mass is 9.33. The summed E-state index contributed by atoms with van der Waals surface area (Å²) in [5.41, 5.74) is 2.84. The van der Waals surface area contributed by atoms with Gasteiger partial charge in [-0.15, -0.1) is 0 Å². The molecule has 1 heterocycles. The van der Waals surface area contributed by atoms with Gasteiger partial charge in [0.15, 0.2) is 0 Å². The van der Waals surface area contributed by atoms with Crippen LogP contribution in [0.1, 0.15) is 170 Å². The van der Waals surface area contributed by atoms with E-state index in [1.165, 1.54) is 55.1 Å². The van der Waals surface area contributed by atoms with E-state index in [2.05, 4.69) is 76.6 Å². The molecule has 7 aliphatic carbocycles. The predicted molar refractivity (Wildman–Crippen MR) is 268 cm³/mol. The Morgan fingerprint density at radius 3 is 2.32 bits per heavy atom. The molecule has 0 aromatic carbocycles. The second-order valence-electron chi connectivity index (χ2n) is 25.0. The van der Waals surface area contributed by atoms with E-state index in [1.807, 2.05) is 0 Å². The Morgan fingerprint density at radius 2 is 1.67 bits per heavy atom. The van der Waals surface area contributed by atoms with Crippen molar-refractivity contribution in [2.75, 3.05) is 26.2 Å².